The minimum atomic E-state index is -0.493. The summed E-state index contributed by atoms with van der Waals surface area (Å²) in [6.45, 7) is 5.12. The number of benzene rings is 1. The number of halogens is 1. The molecule has 0 spiro atoms. The summed E-state index contributed by atoms with van der Waals surface area (Å²) in [5.41, 5.74) is 1.92. The number of aryl methyl sites for hydroxylation is 2. The van der Waals surface area contributed by atoms with Crippen molar-refractivity contribution in [3.63, 3.8) is 0 Å². The first-order chi connectivity index (χ1) is 11.5. The van der Waals surface area contributed by atoms with Crippen LogP contribution in [0.25, 0.3) is 0 Å². The van der Waals surface area contributed by atoms with E-state index in [-0.39, 0.29) is 11.8 Å². The van der Waals surface area contributed by atoms with Gasteiger partial charge < -0.3 is 14.2 Å². The molecule has 24 heavy (non-hydrogen) atoms. The molecular formula is C16H18FN3O4. The lowest BCUT2D eigenvalue weighted by atomic mass is 10.2. The normalized spacial score (nSPS) is 17.5. The van der Waals surface area contributed by atoms with Gasteiger partial charge in [0.2, 0.25) is 0 Å². The van der Waals surface area contributed by atoms with E-state index in [1.54, 1.807) is 4.90 Å². The Morgan fingerprint density at radius 3 is 2.96 bits per heavy atom. The molecular weight excluding hydrogens is 317 g/mol. The Bertz CT molecular complexity index is 742. The van der Waals surface area contributed by atoms with E-state index in [1.807, 2.05) is 13.8 Å². The fraction of sp³-hybridized carbons (Fsp3) is 0.438. The highest BCUT2D eigenvalue weighted by Gasteiger charge is 2.29. The molecule has 2 aromatic rings. The second-order valence-corrected chi connectivity index (χ2v) is 5.86. The second kappa shape index (κ2) is 6.56. The van der Waals surface area contributed by atoms with Crippen LogP contribution >= 0.6 is 0 Å². The number of nitro benzene ring substituents is 1. The van der Waals surface area contributed by atoms with E-state index in [9.17, 15) is 14.5 Å². The van der Waals surface area contributed by atoms with Crippen LogP contribution in [0.5, 0.6) is 0 Å². The molecule has 0 unspecified atom stereocenters. The van der Waals surface area contributed by atoms with Crippen LogP contribution in [0.1, 0.15) is 23.4 Å². The third-order valence-electron chi connectivity index (χ3n) is 4.26. The number of nitro groups is 1. The van der Waals surface area contributed by atoms with Crippen molar-refractivity contribution < 1.29 is 18.6 Å². The summed E-state index contributed by atoms with van der Waals surface area (Å²) in [7, 11) is 0. The van der Waals surface area contributed by atoms with Crippen LogP contribution in [0.3, 0.4) is 0 Å². The van der Waals surface area contributed by atoms with Gasteiger partial charge in [0.05, 0.1) is 23.3 Å². The Kier molecular flexibility index (Phi) is 4.48. The molecule has 1 atom stereocenters. The van der Waals surface area contributed by atoms with Crippen LogP contribution in [-0.2, 0) is 11.3 Å². The van der Waals surface area contributed by atoms with Crippen LogP contribution in [0, 0.1) is 29.8 Å². The average molecular weight is 335 g/mol. The molecule has 128 valence electrons. The number of anilines is 1. The SMILES string of the molecule is Cc1noc(C)c1CO[C@@H]1CCN(c2cc(F)ccc2[N+](=O)[O-])C1. The van der Waals surface area contributed by atoms with Crippen molar-refractivity contribution in [2.75, 3.05) is 18.0 Å². The van der Waals surface area contributed by atoms with E-state index < -0.39 is 10.7 Å². The van der Waals surface area contributed by atoms with Gasteiger partial charge in [0.1, 0.15) is 17.3 Å². The molecule has 1 fully saturated rings. The molecule has 8 heteroatoms. The molecule has 1 aromatic heterocycles. The number of hydrogen-bond acceptors (Lipinski definition) is 6. The van der Waals surface area contributed by atoms with Crippen molar-refractivity contribution in [3.8, 4) is 0 Å². The van der Waals surface area contributed by atoms with Gasteiger partial charge in [0.25, 0.3) is 5.69 Å². The Morgan fingerprint density at radius 1 is 1.50 bits per heavy atom. The molecule has 1 aliphatic heterocycles. The maximum atomic E-state index is 13.5. The Morgan fingerprint density at radius 2 is 2.29 bits per heavy atom. The largest absolute Gasteiger partial charge is 0.371 e. The van der Waals surface area contributed by atoms with Crippen LogP contribution in [-0.4, -0.2) is 29.3 Å². The minimum absolute atomic E-state index is 0.0819. The van der Waals surface area contributed by atoms with Gasteiger partial charge in [-0.05, 0) is 26.3 Å². The highest BCUT2D eigenvalue weighted by Crippen LogP contribution is 2.32. The van der Waals surface area contributed by atoms with Gasteiger partial charge in [-0.3, -0.25) is 10.1 Å². The van der Waals surface area contributed by atoms with Crippen LogP contribution < -0.4 is 4.90 Å². The Hall–Kier alpha value is -2.48. The van der Waals surface area contributed by atoms with Crippen molar-refractivity contribution in [2.45, 2.75) is 33.0 Å². The van der Waals surface area contributed by atoms with Crippen LogP contribution in [0.4, 0.5) is 15.8 Å². The van der Waals surface area contributed by atoms with Crippen molar-refractivity contribution in [2.24, 2.45) is 0 Å². The lowest BCUT2D eigenvalue weighted by molar-refractivity contribution is -0.384. The predicted molar refractivity (Wildman–Crippen MR) is 84.4 cm³/mol. The molecule has 1 aromatic carbocycles. The van der Waals surface area contributed by atoms with Crippen LogP contribution in [0.2, 0.25) is 0 Å². The topological polar surface area (TPSA) is 81.6 Å². The molecule has 1 aliphatic rings. The van der Waals surface area contributed by atoms with Gasteiger partial charge in [-0.25, -0.2) is 4.39 Å². The van der Waals surface area contributed by atoms with Gasteiger partial charge >= 0.3 is 0 Å². The van der Waals surface area contributed by atoms with E-state index in [0.29, 0.717) is 25.4 Å². The van der Waals surface area contributed by atoms with Crippen LogP contribution in [0.15, 0.2) is 22.7 Å². The number of ether oxygens (including phenoxy) is 1. The standard InChI is InChI=1S/C16H18FN3O4/c1-10-14(11(2)24-18-10)9-23-13-5-6-19(8-13)16-7-12(17)3-4-15(16)20(21)22/h3-4,7,13H,5-6,8-9H2,1-2H3/t13-/m1/s1. The van der Waals surface area contributed by atoms with Gasteiger partial charge in [0, 0.05) is 30.8 Å². The fourth-order valence-electron chi connectivity index (χ4n) is 2.90. The van der Waals surface area contributed by atoms with Gasteiger partial charge in [0.15, 0.2) is 0 Å². The zero-order chi connectivity index (χ0) is 17.3. The summed E-state index contributed by atoms with van der Waals surface area (Å²) in [5, 5.41) is 15.0. The second-order valence-electron chi connectivity index (χ2n) is 5.86. The van der Waals surface area contributed by atoms with Gasteiger partial charge in [-0.1, -0.05) is 5.16 Å². The summed E-state index contributed by atoms with van der Waals surface area (Å²) in [4.78, 5) is 12.4. The predicted octanol–water partition coefficient (Wildman–Crippen LogP) is 3.13. The molecule has 1 saturated heterocycles. The lowest BCUT2D eigenvalue weighted by Gasteiger charge is -2.18. The van der Waals surface area contributed by atoms with Crippen molar-refractivity contribution in [1.29, 1.82) is 0 Å². The summed E-state index contributed by atoms with van der Waals surface area (Å²) >= 11 is 0. The molecule has 0 amide bonds. The van der Waals surface area contributed by atoms with Gasteiger partial charge in [-0.15, -0.1) is 0 Å². The summed E-state index contributed by atoms with van der Waals surface area (Å²) in [5.74, 6) is 0.235. The zero-order valence-corrected chi connectivity index (χ0v) is 13.5. The maximum absolute atomic E-state index is 13.5. The van der Waals surface area contributed by atoms with E-state index in [0.717, 1.165) is 29.5 Å². The first-order valence-electron chi connectivity index (χ1n) is 7.68. The molecule has 3 rings (SSSR count). The summed E-state index contributed by atoms with van der Waals surface area (Å²) in [6.07, 6.45) is 0.637. The highest BCUT2D eigenvalue weighted by atomic mass is 19.1. The fourth-order valence-corrected chi connectivity index (χ4v) is 2.90. The molecule has 0 radical (unpaired) electrons. The number of aromatic nitrogens is 1. The first-order valence-corrected chi connectivity index (χ1v) is 7.68. The van der Waals surface area contributed by atoms with Gasteiger partial charge in [-0.2, -0.15) is 0 Å². The quantitative estimate of drug-likeness (QED) is 0.617. The van der Waals surface area contributed by atoms with Crippen molar-refractivity contribution in [1.82, 2.24) is 5.16 Å². The molecule has 0 saturated carbocycles. The van der Waals surface area contributed by atoms with Crippen molar-refractivity contribution >= 4 is 11.4 Å². The average Bonchev–Trinajstić information content (AvgIpc) is 3.12. The zero-order valence-electron chi connectivity index (χ0n) is 13.5. The number of hydrogen-bond donors (Lipinski definition) is 0. The summed E-state index contributed by atoms with van der Waals surface area (Å²) < 4.78 is 24.5. The maximum Gasteiger partial charge on any atom is 0.292 e. The minimum Gasteiger partial charge on any atom is -0.371 e. The monoisotopic (exact) mass is 335 g/mol. The third-order valence-corrected chi connectivity index (χ3v) is 4.26. The molecule has 7 nitrogen and oxygen atoms in total. The Balaban J connectivity index is 1.68. The third kappa shape index (κ3) is 3.23. The first kappa shape index (κ1) is 16.4. The molecule has 0 bridgehead atoms. The highest BCUT2D eigenvalue weighted by molar-refractivity contribution is 5.63. The summed E-state index contributed by atoms with van der Waals surface area (Å²) in [6, 6.07) is 3.50. The molecule has 0 N–H and O–H groups in total. The van der Waals surface area contributed by atoms with E-state index in [1.165, 1.54) is 12.1 Å². The van der Waals surface area contributed by atoms with E-state index >= 15 is 0 Å². The molecule has 2 heterocycles. The van der Waals surface area contributed by atoms with E-state index in [4.69, 9.17) is 9.26 Å². The smallest absolute Gasteiger partial charge is 0.292 e. The van der Waals surface area contributed by atoms with E-state index in [2.05, 4.69) is 5.16 Å². The molecule has 0 aliphatic carbocycles. The lowest BCUT2D eigenvalue weighted by Crippen LogP contribution is -2.23. The van der Waals surface area contributed by atoms with Crippen molar-refractivity contribution in [3.05, 3.63) is 51.1 Å². The Labute approximate surface area is 138 Å². The number of rotatable bonds is 5. The number of nitrogens with zero attached hydrogens (tertiary/aromatic N) is 3.